The molecule has 1 aromatic heterocycles. The Morgan fingerprint density at radius 1 is 1.09 bits per heavy atom. The summed E-state index contributed by atoms with van der Waals surface area (Å²) in [5.74, 6) is -0.327. The second kappa shape index (κ2) is 11.2. The minimum Gasteiger partial charge on any atom is -0.383 e. The Morgan fingerprint density at radius 3 is 2.49 bits per heavy atom. The molecular weight excluding hydrogens is 551 g/mol. The third-order valence-electron chi connectivity index (χ3n) is 5.85. The van der Waals surface area contributed by atoms with Crippen molar-refractivity contribution in [1.29, 1.82) is 0 Å². The van der Waals surface area contributed by atoms with E-state index in [4.69, 9.17) is 39.5 Å². The number of amides is 1. The number of carbonyl (C=O) groups is 1. The standard InChI is InChI=1S/C24H23Cl3N2O4S2/c1-33-12-11-28(35(31,32)18-5-2-16(25)3-6-18)15-23(30)29-10-8-22-20(9-13-34-22)24(29)19-7-4-17(26)14-21(19)27/h2-7,9,13-14,24H,8,10-12,15H2,1H3. The maximum atomic E-state index is 13.7. The first-order chi connectivity index (χ1) is 16.7. The van der Waals surface area contributed by atoms with Crippen LogP contribution in [-0.4, -0.2) is 56.9 Å². The van der Waals surface area contributed by atoms with Gasteiger partial charge in [-0.25, -0.2) is 8.42 Å². The molecule has 6 nitrogen and oxygen atoms in total. The Bertz CT molecular complexity index is 1310. The van der Waals surface area contributed by atoms with E-state index in [-0.39, 0.29) is 30.5 Å². The van der Waals surface area contributed by atoms with E-state index >= 15 is 0 Å². The van der Waals surface area contributed by atoms with E-state index < -0.39 is 16.1 Å². The quantitative estimate of drug-likeness (QED) is 0.356. The number of carbonyl (C=O) groups excluding carboxylic acids is 1. The van der Waals surface area contributed by atoms with Gasteiger partial charge in [0.05, 0.1) is 24.1 Å². The van der Waals surface area contributed by atoms with Crippen molar-refractivity contribution in [1.82, 2.24) is 9.21 Å². The van der Waals surface area contributed by atoms with Crippen molar-refractivity contribution >= 4 is 62.1 Å². The number of hydrogen-bond donors (Lipinski definition) is 0. The molecule has 0 bridgehead atoms. The summed E-state index contributed by atoms with van der Waals surface area (Å²) in [4.78, 5) is 16.6. The second-order valence-electron chi connectivity index (χ2n) is 7.99. The fraction of sp³-hybridized carbons (Fsp3) is 0.292. The van der Waals surface area contributed by atoms with Gasteiger partial charge in [-0.05, 0) is 65.4 Å². The van der Waals surface area contributed by atoms with Crippen LogP contribution in [0.3, 0.4) is 0 Å². The molecule has 186 valence electrons. The molecule has 35 heavy (non-hydrogen) atoms. The molecule has 0 saturated heterocycles. The van der Waals surface area contributed by atoms with Gasteiger partial charge in [-0.2, -0.15) is 4.31 Å². The fourth-order valence-corrected chi connectivity index (χ4v) is 7.03. The van der Waals surface area contributed by atoms with Crippen molar-refractivity contribution in [2.24, 2.45) is 0 Å². The summed E-state index contributed by atoms with van der Waals surface area (Å²) in [6, 6.07) is 12.6. The predicted molar refractivity (Wildman–Crippen MR) is 140 cm³/mol. The molecule has 0 spiro atoms. The monoisotopic (exact) mass is 572 g/mol. The molecule has 1 aliphatic rings. The largest absolute Gasteiger partial charge is 0.383 e. The van der Waals surface area contributed by atoms with E-state index in [1.807, 2.05) is 17.5 Å². The van der Waals surface area contributed by atoms with Crippen molar-refractivity contribution in [2.45, 2.75) is 17.4 Å². The maximum absolute atomic E-state index is 13.7. The van der Waals surface area contributed by atoms with Crippen LogP contribution in [0, 0.1) is 0 Å². The van der Waals surface area contributed by atoms with E-state index in [0.29, 0.717) is 28.0 Å². The number of rotatable bonds is 8. The number of thiophene rings is 1. The number of sulfonamides is 1. The minimum atomic E-state index is -3.96. The molecule has 11 heteroatoms. The molecule has 2 aromatic carbocycles. The number of methoxy groups -OCH3 is 1. The van der Waals surface area contributed by atoms with E-state index in [1.54, 1.807) is 28.4 Å². The Kier molecular flexibility index (Phi) is 8.43. The molecule has 2 heterocycles. The zero-order valence-corrected chi connectivity index (χ0v) is 22.7. The molecule has 0 N–H and O–H groups in total. The van der Waals surface area contributed by atoms with E-state index in [1.165, 1.54) is 36.3 Å². The molecule has 0 saturated carbocycles. The molecule has 1 amide bonds. The number of nitrogens with zero attached hydrogens (tertiary/aromatic N) is 2. The summed E-state index contributed by atoms with van der Waals surface area (Å²) in [5.41, 5.74) is 1.73. The van der Waals surface area contributed by atoms with Crippen LogP contribution in [0.5, 0.6) is 0 Å². The molecule has 0 aliphatic carbocycles. The molecule has 1 atom stereocenters. The van der Waals surface area contributed by atoms with Crippen molar-refractivity contribution in [3.05, 3.63) is 85.0 Å². The van der Waals surface area contributed by atoms with Gasteiger partial charge in [0, 0.05) is 40.1 Å². The molecule has 1 unspecified atom stereocenters. The Hall–Kier alpha value is -1.65. The van der Waals surface area contributed by atoms with Gasteiger partial charge < -0.3 is 9.64 Å². The molecular formula is C24H23Cl3N2O4S2. The number of hydrogen-bond acceptors (Lipinski definition) is 5. The Balaban J connectivity index is 1.67. The van der Waals surface area contributed by atoms with E-state index in [2.05, 4.69) is 0 Å². The predicted octanol–water partition coefficient (Wildman–Crippen LogP) is 5.52. The lowest BCUT2D eigenvalue weighted by molar-refractivity contribution is -0.133. The van der Waals surface area contributed by atoms with Crippen LogP contribution in [0.2, 0.25) is 15.1 Å². The summed E-state index contributed by atoms with van der Waals surface area (Å²) in [5, 5.41) is 3.36. The van der Waals surface area contributed by atoms with Crippen molar-refractivity contribution in [3.8, 4) is 0 Å². The number of ether oxygens (including phenoxy) is 1. The van der Waals surface area contributed by atoms with Gasteiger partial charge in [-0.1, -0.05) is 40.9 Å². The summed E-state index contributed by atoms with van der Waals surface area (Å²) in [6.07, 6.45) is 0.683. The molecule has 4 rings (SSSR count). The van der Waals surface area contributed by atoms with Gasteiger partial charge in [0.1, 0.15) is 0 Å². The highest BCUT2D eigenvalue weighted by Gasteiger charge is 2.36. The van der Waals surface area contributed by atoms with Gasteiger partial charge in [-0.15, -0.1) is 11.3 Å². The van der Waals surface area contributed by atoms with Crippen LogP contribution >= 0.6 is 46.1 Å². The summed E-state index contributed by atoms with van der Waals surface area (Å²) >= 11 is 20.2. The van der Waals surface area contributed by atoms with Crippen LogP contribution in [0.25, 0.3) is 0 Å². The van der Waals surface area contributed by atoms with Crippen molar-refractivity contribution in [2.75, 3.05) is 33.4 Å². The minimum absolute atomic E-state index is 0.0249. The highest BCUT2D eigenvalue weighted by Crippen LogP contribution is 2.41. The van der Waals surface area contributed by atoms with Crippen LogP contribution in [-0.2, 0) is 26.0 Å². The van der Waals surface area contributed by atoms with E-state index in [9.17, 15) is 13.2 Å². The van der Waals surface area contributed by atoms with Gasteiger partial charge in [0.25, 0.3) is 0 Å². The van der Waals surface area contributed by atoms with Crippen LogP contribution in [0.4, 0.5) is 0 Å². The summed E-state index contributed by atoms with van der Waals surface area (Å²) in [6.45, 7) is 0.267. The lowest BCUT2D eigenvalue weighted by Gasteiger charge is -2.37. The zero-order valence-electron chi connectivity index (χ0n) is 18.8. The lowest BCUT2D eigenvalue weighted by atomic mass is 9.93. The first kappa shape index (κ1) is 26.4. The highest BCUT2D eigenvalue weighted by molar-refractivity contribution is 7.89. The van der Waals surface area contributed by atoms with Crippen molar-refractivity contribution < 1.29 is 17.9 Å². The first-order valence-corrected chi connectivity index (χ1v) is 14.2. The van der Waals surface area contributed by atoms with Gasteiger partial charge in [-0.3, -0.25) is 4.79 Å². The number of fused-ring (bicyclic) bond motifs is 1. The molecule has 0 fully saturated rings. The molecule has 3 aromatic rings. The molecule has 0 radical (unpaired) electrons. The van der Waals surface area contributed by atoms with Crippen LogP contribution in [0.1, 0.15) is 22.0 Å². The third-order valence-corrected chi connectivity index (χ3v) is 9.52. The Labute approximate surface area is 224 Å². The zero-order chi connectivity index (χ0) is 25.2. The van der Waals surface area contributed by atoms with Crippen molar-refractivity contribution in [3.63, 3.8) is 0 Å². The topological polar surface area (TPSA) is 66.9 Å². The maximum Gasteiger partial charge on any atom is 0.243 e. The normalized spacial score (nSPS) is 15.9. The van der Waals surface area contributed by atoms with Crippen LogP contribution in [0.15, 0.2) is 58.8 Å². The first-order valence-electron chi connectivity index (χ1n) is 10.8. The van der Waals surface area contributed by atoms with Gasteiger partial charge in [0.15, 0.2) is 0 Å². The highest BCUT2D eigenvalue weighted by atomic mass is 35.5. The number of benzene rings is 2. The fourth-order valence-electron chi connectivity index (χ4n) is 4.12. The second-order valence-corrected chi connectivity index (χ2v) is 12.2. The number of halogens is 3. The van der Waals surface area contributed by atoms with Gasteiger partial charge in [0.2, 0.25) is 15.9 Å². The molecule has 1 aliphatic heterocycles. The summed E-state index contributed by atoms with van der Waals surface area (Å²) in [7, 11) is -2.48. The van der Waals surface area contributed by atoms with Gasteiger partial charge >= 0.3 is 0 Å². The lowest BCUT2D eigenvalue weighted by Crippen LogP contribution is -2.47. The van der Waals surface area contributed by atoms with E-state index in [0.717, 1.165) is 15.4 Å². The summed E-state index contributed by atoms with van der Waals surface area (Å²) < 4.78 is 33.0. The smallest absolute Gasteiger partial charge is 0.243 e. The average molecular weight is 574 g/mol. The van der Waals surface area contributed by atoms with Crippen LogP contribution < -0.4 is 0 Å². The SMILES string of the molecule is COCCN(CC(=O)N1CCc2sccc2C1c1ccc(Cl)cc1Cl)S(=O)(=O)c1ccc(Cl)cc1. The average Bonchev–Trinajstić information content (AvgIpc) is 3.30. The third kappa shape index (κ3) is 5.69. The Morgan fingerprint density at radius 2 is 1.80 bits per heavy atom.